The quantitative estimate of drug-likeness (QED) is 0.560. The van der Waals surface area contributed by atoms with Crippen LogP contribution in [0, 0.1) is 5.82 Å². The van der Waals surface area contributed by atoms with Crippen LogP contribution in [0.3, 0.4) is 0 Å². The summed E-state index contributed by atoms with van der Waals surface area (Å²) < 4.78 is 19.4. The summed E-state index contributed by atoms with van der Waals surface area (Å²) in [5, 5.41) is 2.39. The van der Waals surface area contributed by atoms with Crippen LogP contribution in [-0.2, 0) is 0 Å². The lowest BCUT2D eigenvalue weighted by atomic mass is 10.1. The van der Waals surface area contributed by atoms with Gasteiger partial charge in [0.2, 0.25) is 0 Å². The molecule has 0 fully saturated rings. The smallest absolute Gasteiger partial charge is 0.139 e. The first-order valence-corrected chi connectivity index (χ1v) is 5.79. The molecule has 0 radical (unpaired) electrons. The van der Waals surface area contributed by atoms with Gasteiger partial charge in [-0.05, 0) is 34.1 Å². The average Bonchev–Trinajstić information content (AvgIpc) is 2.54. The van der Waals surface area contributed by atoms with Crippen LogP contribution in [0.1, 0.15) is 0 Å². The summed E-state index contributed by atoms with van der Waals surface area (Å²) in [4.78, 5) is 0. The molecule has 0 aliphatic heterocycles. The lowest BCUT2D eigenvalue weighted by molar-refractivity contribution is 0.617. The maximum absolute atomic E-state index is 13.2. The van der Waals surface area contributed by atoms with E-state index in [1.54, 1.807) is 12.1 Å². The number of hydrogen-bond donors (Lipinski definition) is 0. The molecule has 80 valence electrons. The molecule has 3 aromatic rings. The van der Waals surface area contributed by atoms with Gasteiger partial charge in [0.15, 0.2) is 0 Å². The molecular weight excluding hydrogens is 294 g/mol. The molecule has 1 heterocycles. The van der Waals surface area contributed by atoms with Crippen LogP contribution in [0.5, 0.6) is 0 Å². The van der Waals surface area contributed by atoms with Crippen molar-refractivity contribution < 1.29 is 8.81 Å². The van der Waals surface area contributed by atoms with E-state index < -0.39 is 0 Å². The van der Waals surface area contributed by atoms with Gasteiger partial charge >= 0.3 is 0 Å². The van der Waals surface area contributed by atoms with E-state index in [2.05, 4.69) is 15.9 Å². The van der Waals surface area contributed by atoms with E-state index in [-0.39, 0.29) is 5.82 Å². The van der Waals surface area contributed by atoms with Crippen molar-refractivity contribution in [1.82, 2.24) is 0 Å². The van der Waals surface area contributed by atoms with E-state index in [1.165, 1.54) is 12.1 Å². The zero-order valence-electron chi connectivity index (χ0n) is 7.93. The zero-order chi connectivity index (χ0) is 11.3. The number of halogens is 3. The Morgan fingerprint density at radius 1 is 1.12 bits per heavy atom. The van der Waals surface area contributed by atoms with Crippen LogP contribution >= 0.6 is 27.5 Å². The Bertz CT molecular complexity index is 705. The van der Waals surface area contributed by atoms with Crippen molar-refractivity contribution in [1.29, 1.82) is 0 Å². The lowest BCUT2D eigenvalue weighted by Gasteiger charge is -1.94. The van der Waals surface area contributed by atoms with Gasteiger partial charge in [0.05, 0.1) is 0 Å². The van der Waals surface area contributed by atoms with E-state index in [0.717, 1.165) is 10.8 Å². The van der Waals surface area contributed by atoms with Crippen LogP contribution in [0.4, 0.5) is 4.39 Å². The second-order valence-corrected chi connectivity index (χ2v) is 4.79. The number of furan rings is 1. The van der Waals surface area contributed by atoms with Crippen molar-refractivity contribution in [3.63, 3.8) is 0 Å². The molecule has 0 spiro atoms. The Labute approximate surface area is 104 Å². The van der Waals surface area contributed by atoms with Gasteiger partial charge in [-0.2, -0.15) is 0 Å². The molecular formula is C12H5BrClFO. The average molecular weight is 300 g/mol. The highest BCUT2D eigenvalue weighted by molar-refractivity contribution is 9.10. The second-order valence-electron chi connectivity index (χ2n) is 3.50. The molecule has 0 bridgehead atoms. The standard InChI is InChI=1S/C12H5BrClFO/c13-9-4-7(15)5-11-12(9)8-2-1-6(14)3-10(8)16-11/h1-5H. The molecule has 2 aromatic carbocycles. The zero-order valence-corrected chi connectivity index (χ0v) is 10.3. The van der Waals surface area contributed by atoms with Crippen molar-refractivity contribution in [2.45, 2.75) is 0 Å². The highest BCUT2D eigenvalue weighted by Gasteiger charge is 2.11. The summed E-state index contributed by atoms with van der Waals surface area (Å²) in [6.45, 7) is 0. The first-order valence-electron chi connectivity index (χ1n) is 4.62. The van der Waals surface area contributed by atoms with E-state index >= 15 is 0 Å². The van der Waals surface area contributed by atoms with Crippen molar-refractivity contribution in [2.24, 2.45) is 0 Å². The molecule has 0 saturated carbocycles. The van der Waals surface area contributed by atoms with Crippen LogP contribution < -0.4 is 0 Å². The Kier molecular flexibility index (Phi) is 2.19. The van der Waals surface area contributed by atoms with Crippen molar-refractivity contribution >= 4 is 49.5 Å². The number of rotatable bonds is 0. The predicted octanol–water partition coefficient (Wildman–Crippen LogP) is 5.14. The van der Waals surface area contributed by atoms with Gasteiger partial charge in [-0.25, -0.2) is 4.39 Å². The molecule has 1 aromatic heterocycles. The van der Waals surface area contributed by atoms with Crippen LogP contribution in [0.25, 0.3) is 21.9 Å². The minimum absolute atomic E-state index is 0.329. The fourth-order valence-corrected chi connectivity index (χ4v) is 2.59. The van der Waals surface area contributed by atoms with E-state index in [0.29, 0.717) is 20.7 Å². The third-order valence-corrected chi connectivity index (χ3v) is 3.31. The van der Waals surface area contributed by atoms with Gasteiger partial charge in [0.1, 0.15) is 17.0 Å². The third kappa shape index (κ3) is 1.43. The molecule has 3 rings (SSSR count). The number of benzene rings is 2. The first kappa shape index (κ1) is 10.1. The van der Waals surface area contributed by atoms with Crippen molar-refractivity contribution in [3.8, 4) is 0 Å². The molecule has 0 aliphatic carbocycles. The largest absolute Gasteiger partial charge is 0.456 e. The van der Waals surface area contributed by atoms with Crippen molar-refractivity contribution in [3.05, 3.63) is 45.6 Å². The molecule has 0 amide bonds. The van der Waals surface area contributed by atoms with E-state index in [1.807, 2.05) is 6.07 Å². The summed E-state index contributed by atoms with van der Waals surface area (Å²) in [7, 11) is 0. The van der Waals surface area contributed by atoms with Crippen LogP contribution in [0.2, 0.25) is 5.02 Å². The molecule has 0 aliphatic rings. The summed E-state index contributed by atoms with van der Waals surface area (Å²) >= 11 is 9.21. The fraction of sp³-hybridized carbons (Fsp3) is 0. The minimum Gasteiger partial charge on any atom is -0.456 e. The Hall–Kier alpha value is -1.06. The minimum atomic E-state index is -0.329. The van der Waals surface area contributed by atoms with Crippen LogP contribution in [-0.4, -0.2) is 0 Å². The lowest BCUT2D eigenvalue weighted by Crippen LogP contribution is -1.74. The highest BCUT2D eigenvalue weighted by atomic mass is 79.9. The van der Waals surface area contributed by atoms with Gasteiger partial charge < -0.3 is 4.42 Å². The summed E-state index contributed by atoms with van der Waals surface area (Å²) in [6, 6.07) is 8.17. The summed E-state index contributed by atoms with van der Waals surface area (Å²) in [5.41, 5.74) is 1.18. The second kappa shape index (κ2) is 3.47. The SMILES string of the molecule is Fc1cc(Br)c2c(c1)oc1cc(Cl)ccc12. The molecule has 0 unspecified atom stereocenters. The van der Waals surface area contributed by atoms with Crippen LogP contribution in [0.15, 0.2) is 39.2 Å². The molecule has 16 heavy (non-hydrogen) atoms. The normalized spacial score (nSPS) is 11.4. The Balaban J connectivity index is 2.56. The third-order valence-electron chi connectivity index (χ3n) is 2.45. The molecule has 4 heteroatoms. The number of hydrogen-bond acceptors (Lipinski definition) is 1. The maximum atomic E-state index is 13.2. The molecule has 0 atom stereocenters. The summed E-state index contributed by atoms with van der Waals surface area (Å²) in [6.07, 6.45) is 0. The topological polar surface area (TPSA) is 13.1 Å². The van der Waals surface area contributed by atoms with E-state index in [9.17, 15) is 4.39 Å². The monoisotopic (exact) mass is 298 g/mol. The molecule has 0 saturated heterocycles. The molecule has 0 N–H and O–H groups in total. The first-order chi connectivity index (χ1) is 7.65. The van der Waals surface area contributed by atoms with E-state index in [4.69, 9.17) is 16.0 Å². The predicted molar refractivity (Wildman–Crippen MR) is 66.4 cm³/mol. The summed E-state index contributed by atoms with van der Waals surface area (Å²) in [5.74, 6) is -0.329. The van der Waals surface area contributed by atoms with Gasteiger partial charge in [0, 0.05) is 32.4 Å². The maximum Gasteiger partial charge on any atom is 0.139 e. The van der Waals surface area contributed by atoms with Gasteiger partial charge in [-0.1, -0.05) is 11.6 Å². The van der Waals surface area contributed by atoms with Gasteiger partial charge in [-0.3, -0.25) is 0 Å². The highest BCUT2D eigenvalue weighted by Crippen LogP contribution is 2.35. The Morgan fingerprint density at radius 2 is 1.94 bits per heavy atom. The Morgan fingerprint density at radius 3 is 2.75 bits per heavy atom. The van der Waals surface area contributed by atoms with Gasteiger partial charge in [-0.15, -0.1) is 0 Å². The van der Waals surface area contributed by atoms with Gasteiger partial charge in [0.25, 0.3) is 0 Å². The molecule has 1 nitrogen and oxygen atoms in total. The number of fused-ring (bicyclic) bond motifs is 3. The fourth-order valence-electron chi connectivity index (χ4n) is 1.80. The van der Waals surface area contributed by atoms with Crippen molar-refractivity contribution in [2.75, 3.05) is 0 Å².